The first kappa shape index (κ1) is 5.63. The van der Waals surface area contributed by atoms with Crippen molar-refractivity contribution in [3.63, 3.8) is 0 Å². The highest BCUT2D eigenvalue weighted by Crippen LogP contribution is 2.11. The second-order valence-electron chi connectivity index (χ2n) is 1.62. The molecule has 0 atom stereocenters. The Kier molecular flexibility index (Phi) is 1.12. The van der Waals surface area contributed by atoms with Crippen molar-refractivity contribution >= 4 is 0 Å². The molecule has 46 valence electrons. The van der Waals surface area contributed by atoms with Crippen LogP contribution in [-0.2, 0) is 7.05 Å². The smallest absolute Gasteiger partial charge is 0.227 e. The Hall–Kier alpha value is -1.50. The van der Waals surface area contributed by atoms with Crippen molar-refractivity contribution in [1.29, 1.82) is 5.26 Å². The van der Waals surface area contributed by atoms with E-state index in [4.69, 9.17) is 10.4 Å². The predicted octanol–water partition coefficient (Wildman–Crippen LogP) is -0.00262. The van der Waals surface area contributed by atoms with Crippen LogP contribution in [0.4, 0.5) is 0 Å². The molecule has 0 saturated carbocycles. The van der Waals surface area contributed by atoms with Gasteiger partial charge in [-0.3, -0.25) is 0 Å². The van der Waals surface area contributed by atoms with Crippen molar-refractivity contribution < 1.29 is 5.11 Å². The molecule has 0 radical (unpaired) electrons. The molecule has 0 amide bonds. The molecule has 4 heteroatoms. The van der Waals surface area contributed by atoms with Gasteiger partial charge in [-0.15, -0.1) is 0 Å². The highest BCUT2D eigenvalue weighted by Gasteiger charge is 2.02. The van der Waals surface area contributed by atoms with Gasteiger partial charge in [0, 0.05) is 7.05 Å². The van der Waals surface area contributed by atoms with Crippen LogP contribution in [0.25, 0.3) is 0 Å². The third-order valence-electron chi connectivity index (χ3n) is 1.03. The van der Waals surface area contributed by atoms with Gasteiger partial charge in [0.2, 0.25) is 5.88 Å². The molecule has 4 nitrogen and oxygen atoms in total. The average molecular weight is 123 g/mol. The summed E-state index contributed by atoms with van der Waals surface area (Å²) in [6.45, 7) is 0. The van der Waals surface area contributed by atoms with E-state index in [9.17, 15) is 0 Å². The normalized spacial score (nSPS) is 8.89. The van der Waals surface area contributed by atoms with Gasteiger partial charge in [-0.2, -0.15) is 10.4 Å². The number of hydrogen-bond donors (Lipinski definition) is 1. The van der Waals surface area contributed by atoms with Gasteiger partial charge in [0.25, 0.3) is 0 Å². The SMILES string of the molecule is Cn1ncc(C#N)c1O. The summed E-state index contributed by atoms with van der Waals surface area (Å²) in [5.41, 5.74) is 0.206. The second kappa shape index (κ2) is 1.78. The number of aromatic nitrogens is 2. The molecule has 9 heavy (non-hydrogen) atoms. The van der Waals surface area contributed by atoms with Crippen LogP contribution in [0.3, 0.4) is 0 Å². The molecular formula is C5H5N3O. The average Bonchev–Trinajstić information content (AvgIpc) is 2.15. The quantitative estimate of drug-likeness (QED) is 0.528. The number of hydrogen-bond acceptors (Lipinski definition) is 3. The van der Waals surface area contributed by atoms with Crippen LogP contribution < -0.4 is 0 Å². The first-order valence-electron chi connectivity index (χ1n) is 2.36. The van der Waals surface area contributed by atoms with Gasteiger partial charge in [0.1, 0.15) is 11.6 Å². The zero-order valence-corrected chi connectivity index (χ0v) is 4.87. The molecule has 0 aliphatic carbocycles. The lowest BCUT2D eigenvalue weighted by molar-refractivity contribution is 0.418. The first-order chi connectivity index (χ1) is 4.25. The Morgan fingerprint density at radius 1 is 1.89 bits per heavy atom. The van der Waals surface area contributed by atoms with Gasteiger partial charge in [-0.1, -0.05) is 0 Å². The molecule has 0 aliphatic heterocycles. The molecule has 0 saturated heterocycles. The molecule has 0 bridgehead atoms. The molecule has 0 aromatic carbocycles. The molecule has 0 aliphatic rings. The zero-order chi connectivity index (χ0) is 6.85. The van der Waals surface area contributed by atoms with Gasteiger partial charge in [0.15, 0.2) is 0 Å². The maximum absolute atomic E-state index is 8.92. The summed E-state index contributed by atoms with van der Waals surface area (Å²) in [6, 6.07) is 1.78. The lowest BCUT2D eigenvalue weighted by Gasteiger charge is -1.88. The minimum Gasteiger partial charge on any atom is -0.493 e. The molecule has 1 aromatic rings. The number of aryl methyl sites for hydroxylation is 1. The number of nitrogens with zero attached hydrogens (tertiary/aromatic N) is 3. The Labute approximate surface area is 52.0 Å². The number of rotatable bonds is 0. The van der Waals surface area contributed by atoms with Crippen molar-refractivity contribution in [2.24, 2.45) is 7.05 Å². The first-order valence-corrected chi connectivity index (χ1v) is 2.36. The van der Waals surface area contributed by atoms with Crippen LogP contribution in [0.1, 0.15) is 5.56 Å². The minimum absolute atomic E-state index is 0.0856. The van der Waals surface area contributed by atoms with Crippen LogP contribution in [-0.4, -0.2) is 14.9 Å². The van der Waals surface area contributed by atoms with E-state index in [-0.39, 0.29) is 11.4 Å². The zero-order valence-electron chi connectivity index (χ0n) is 4.87. The van der Waals surface area contributed by atoms with Crippen LogP contribution in [0.15, 0.2) is 6.20 Å². The fraction of sp³-hybridized carbons (Fsp3) is 0.200. The summed E-state index contributed by atoms with van der Waals surface area (Å²) in [5, 5.41) is 20.8. The molecular weight excluding hydrogens is 118 g/mol. The van der Waals surface area contributed by atoms with Crippen LogP contribution >= 0.6 is 0 Å². The van der Waals surface area contributed by atoms with Crippen molar-refractivity contribution in [3.8, 4) is 11.9 Å². The van der Waals surface area contributed by atoms with Gasteiger partial charge in [-0.25, -0.2) is 4.68 Å². The molecule has 1 rings (SSSR count). The maximum Gasteiger partial charge on any atom is 0.227 e. The van der Waals surface area contributed by atoms with Crippen LogP contribution in [0, 0.1) is 11.3 Å². The summed E-state index contributed by atoms with van der Waals surface area (Å²) in [5.74, 6) is -0.0856. The van der Waals surface area contributed by atoms with Gasteiger partial charge in [-0.05, 0) is 0 Å². The Balaban J connectivity index is 3.24. The number of nitriles is 1. The van der Waals surface area contributed by atoms with Crippen molar-refractivity contribution in [3.05, 3.63) is 11.8 Å². The summed E-state index contributed by atoms with van der Waals surface area (Å²) in [6.07, 6.45) is 1.31. The minimum atomic E-state index is -0.0856. The summed E-state index contributed by atoms with van der Waals surface area (Å²) >= 11 is 0. The standard InChI is InChI=1S/C5H5N3O/c1-8-5(9)4(2-6)3-7-8/h3,9H,1H3. The molecule has 0 fully saturated rings. The molecule has 0 unspecified atom stereocenters. The Morgan fingerprint density at radius 3 is 2.78 bits per heavy atom. The van der Waals surface area contributed by atoms with Crippen molar-refractivity contribution in [2.45, 2.75) is 0 Å². The molecule has 0 spiro atoms. The summed E-state index contributed by atoms with van der Waals surface area (Å²) in [7, 11) is 1.57. The summed E-state index contributed by atoms with van der Waals surface area (Å²) in [4.78, 5) is 0. The third-order valence-corrected chi connectivity index (χ3v) is 1.03. The van der Waals surface area contributed by atoms with Gasteiger partial charge >= 0.3 is 0 Å². The van der Waals surface area contributed by atoms with Crippen molar-refractivity contribution in [1.82, 2.24) is 9.78 Å². The van der Waals surface area contributed by atoms with Crippen molar-refractivity contribution in [2.75, 3.05) is 0 Å². The topological polar surface area (TPSA) is 61.8 Å². The van der Waals surface area contributed by atoms with Gasteiger partial charge in [0.05, 0.1) is 6.20 Å². The van der Waals surface area contributed by atoms with Crippen LogP contribution in [0.5, 0.6) is 5.88 Å². The van der Waals surface area contributed by atoms with E-state index in [1.807, 2.05) is 0 Å². The maximum atomic E-state index is 8.92. The lowest BCUT2D eigenvalue weighted by Crippen LogP contribution is -1.87. The van der Waals surface area contributed by atoms with Crippen LogP contribution in [0.2, 0.25) is 0 Å². The largest absolute Gasteiger partial charge is 0.493 e. The van der Waals surface area contributed by atoms with E-state index < -0.39 is 0 Å². The highest BCUT2D eigenvalue weighted by molar-refractivity contribution is 5.34. The molecule has 1 heterocycles. The Bertz CT molecular complexity index is 258. The van der Waals surface area contributed by atoms with Gasteiger partial charge < -0.3 is 5.11 Å². The van der Waals surface area contributed by atoms with E-state index in [0.717, 1.165) is 0 Å². The molecule has 1 N–H and O–H groups in total. The lowest BCUT2D eigenvalue weighted by atomic mass is 10.4. The van der Waals surface area contributed by atoms with E-state index in [1.54, 1.807) is 13.1 Å². The Morgan fingerprint density at radius 2 is 2.56 bits per heavy atom. The second-order valence-corrected chi connectivity index (χ2v) is 1.62. The summed E-state index contributed by atoms with van der Waals surface area (Å²) < 4.78 is 1.23. The monoisotopic (exact) mass is 123 g/mol. The van der Waals surface area contributed by atoms with E-state index in [2.05, 4.69) is 5.10 Å². The van der Waals surface area contributed by atoms with E-state index >= 15 is 0 Å². The highest BCUT2D eigenvalue weighted by atomic mass is 16.3. The fourth-order valence-electron chi connectivity index (χ4n) is 0.510. The molecule has 1 aromatic heterocycles. The fourth-order valence-corrected chi connectivity index (χ4v) is 0.510. The predicted molar refractivity (Wildman–Crippen MR) is 29.6 cm³/mol. The van der Waals surface area contributed by atoms with E-state index in [1.165, 1.54) is 10.9 Å². The number of aromatic hydroxyl groups is 1. The third kappa shape index (κ3) is 0.722. The van der Waals surface area contributed by atoms with E-state index in [0.29, 0.717) is 0 Å².